The first-order valence-electron chi connectivity index (χ1n) is 6.46. The summed E-state index contributed by atoms with van der Waals surface area (Å²) in [5.74, 6) is -1.87. The summed E-state index contributed by atoms with van der Waals surface area (Å²) in [7, 11) is -4.58. The molecule has 0 atom stereocenters. The molecule has 2 aromatic carbocycles. The van der Waals surface area contributed by atoms with Crippen LogP contribution in [0.15, 0.2) is 53.4 Å². The largest absolute Gasteiger partial charge is 0.494 e. The van der Waals surface area contributed by atoms with Gasteiger partial charge in [0.25, 0.3) is 0 Å². The maximum atomic E-state index is 12.4. The molecule has 0 fully saturated rings. The number of hydrogen-bond donors (Lipinski definition) is 0. The maximum absolute atomic E-state index is 12.4. The highest BCUT2D eigenvalue weighted by Crippen LogP contribution is 2.26. The molecule has 0 spiro atoms. The van der Waals surface area contributed by atoms with Gasteiger partial charge in [-0.2, -0.15) is 8.78 Å². The molecule has 0 aliphatic heterocycles. The van der Waals surface area contributed by atoms with E-state index in [-0.39, 0.29) is 0 Å². The fourth-order valence-electron chi connectivity index (χ4n) is 1.71. The minimum Gasteiger partial charge on any atom is -0.494 e. The van der Waals surface area contributed by atoms with Crippen molar-refractivity contribution in [3.05, 3.63) is 48.5 Å². The van der Waals surface area contributed by atoms with Gasteiger partial charge >= 0.3 is 5.76 Å². The molecule has 0 heterocycles. The van der Waals surface area contributed by atoms with E-state index in [4.69, 9.17) is 9.47 Å². The normalized spacial score (nSPS) is 11.5. The molecular formula is C15H14F2O4S. The molecule has 22 heavy (non-hydrogen) atoms. The van der Waals surface area contributed by atoms with E-state index in [0.29, 0.717) is 23.9 Å². The Bertz CT molecular complexity index is 710. The lowest BCUT2D eigenvalue weighted by atomic mass is 10.3. The Kier molecular flexibility index (Phi) is 4.97. The zero-order valence-electron chi connectivity index (χ0n) is 11.7. The number of sulfone groups is 1. The summed E-state index contributed by atoms with van der Waals surface area (Å²) in [6.07, 6.45) is 0. The minimum atomic E-state index is -4.58. The van der Waals surface area contributed by atoms with E-state index in [1.165, 1.54) is 12.1 Å². The van der Waals surface area contributed by atoms with E-state index in [9.17, 15) is 17.2 Å². The number of hydrogen-bond acceptors (Lipinski definition) is 4. The Morgan fingerprint density at radius 3 is 1.82 bits per heavy atom. The van der Waals surface area contributed by atoms with Crippen molar-refractivity contribution in [2.24, 2.45) is 0 Å². The summed E-state index contributed by atoms with van der Waals surface area (Å²) < 4.78 is 58.2. The van der Waals surface area contributed by atoms with Gasteiger partial charge in [-0.15, -0.1) is 0 Å². The van der Waals surface area contributed by atoms with E-state index in [0.717, 1.165) is 12.1 Å². The first-order valence-corrected chi connectivity index (χ1v) is 8.01. The van der Waals surface area contributed by atoms with Crippen LogP contribution >= 0.6 is 0 Å². The lowest BCUT2D eigenvalue weighted by Crippen LogP contribution is -2.11. The van der Waals surface area contributed by atoms with E-state index in [2.05, 4.69) is 0 Å². The molecule has 2 aromatic rings. The van der Waals surface area contributed by atoms with Crippen LogP contribution in [0.1, 0.15) is 6.92 Å². The molecule has 0 bridgehead atoms. The van der Waals surface area contributed by atoms with Crippen molar-refractivity contribution >= 4 is 9.84 Å². The van der Waals surface area contributed by atoms with Gasteiger partial charge in [0.1, 0.15) is 17.2 Å². The predicted octanol–water partition coefficient (Wildman–Crippen LogP) is 3.87. The van der Waals surface area contributed by atoms with E-state index >= 15 is 0 Å². The highest BCUT2D eigenvalue weighted by atomic mass is 32.2. The van der Waals surface area contributed by atoms with Gasteiger partial charge < -0.3 is 9.47 Å². The fraction of sp³-hybridized carbons (Fsp3) is 0.200. The second-order valence-electron chi connectivity index (χ2n) is 4.28. The third-order valence-corrected chi connectivity index (χ3v) is 4.16. The van der Waals surface area contributed by atoms with E-state index in [1.807, 2.05) is 6.92 Å². The molecule has 0 aliphatic rings. The van der Waals surface area contributed by atoms with Gasteiger partial charge in [0, 0.05) is 0 Å². The molecule has 0 aliphatic carbocycles. The summed E-state index contributed by atoms with van der Waals surface area (Å²) in [5, 5.41) is 0. The zero-order valence-corrected chi connectivity index (χ0v) is 12.5. The molecule has 0 aromatic heterocycles. The van der Waals surface area contributed by atoms with Crippen LogP contribution in [0.4, 0.5) is 8.78 Å². The summed E-state index contributed by atoms with van der Waals surface area (Å²) in [4.78, 5) is -0.443. The Balaban J connectivity index is 2.11. The predicted molar refractivity (Wildman–Crippen MR) is 77.3 cm³/mol. The molecule has 0 radical (unpaired) electrons. The van der Waals surface area contributed by atoms with E-state index in [1.54, 1.807) is 24.3 Å². The standard InChI is InChI=1S/C15H14F2O4S/c1-2-20-11-3-5-12(6-4-11)21-13-7-9-14(10-8-13)22(18,19)15(16)17/h3-10,15H,2H2,1H3. The minimum absolute atomic E-state index is 0.345. The van der Waals surface area contributed by atoms with Crippen molar-refractivity contribution < 1.29 is 26.7 Å². The van der Waals surface area contributed by atoms with Crippen molar-refractivity contribution in [2.75, 3.05) is 6.61 Å². The van der Waals surface area contributed by atoms with E-state index < -0.39 is 20.5 Å². The van der Waals surface area contributed by atoms with Crippen LogP contribution in [-0.4, -0.2) is 20.8 Å². The molecular weight excluding hydrogens is 314 g/mol. The number of ether oxygens (including phenoxy) is 2. The van der Waals surface area contributed by atoms with Crippen LogP contribution in [0.3, 0.4) is 0 Å². The van der Waals surface area contributed by atoms with Crippen LogP contribution in [-0.2, 0) is 9.84 Å². The van der Waals surface area contributed by atoms with Crippen molar-refractivity contribution in [2.45, 2.75) is 17.6 Å². The molecule has 0 N–H and O–H groups in total. The molecule has 0 saturated heterocycles. The second-order valence-corrected chi connectivity index (χ2v) is 6.20. The van der Waals surface area contributed by atoms with Crippen molar-refractivity contribution in [3.63, 3.8) is 0 Å². The number of benzene rings is 2. The van der Waals surface area contributed by atoms with Gasteiger partial charge in [-0.1, -0.05) is 0 Å². The second kappa shape index (κ2) is 6.74. The maximum Gasteiger partial charge on any atom is 0.341 e. The first-order chi connectivity index (χ1) is 10.4. The molecule has 7 heteroatoms. The Morgan fingerprint density at radius 2 is 1.36 bits per heavy atom. The van der Waals surface area contributed by atoms with Gasteiger partial charge in [0.2, 0.25) is 9.84 Å². The molecule has 2 rings (SSSR count). The average molecular weight is 328 g/mol. The summed E-state index contributed by atoms with van der Waals surface area (Å²) >= 11 is 0. The van der Waals surface area contributed by atoms with Crippen molar-refractivity contribution in [3.8, 4) is 17.2 Å². The van der Waals surface area contributed by atoms with Gasteiger partial charge in [-0.3, -0.25) is 0 Å². The van der Waals surface area contributed by atoms with Crippen LogP contribution in [0.5, 0.6) is 17.2 Å². The first kappa shape index (κ1) is 16.2. The Morgan fingerprint density at radius 1 is 0.909 bits per heavy atom. The quantitative estimate of drug-likeness (QED) is 0.807. The van der Waals surface area contributed by atoms with Crippen LogP contribution in [0.2, 0.25) is 0 Å². The fourth-order valence-corrected chi connectivity index (χ4v) is 2.43. The molecule has 118 valence electrons. The van der Waals surface area contributed by atoms with Crippen LogP contribution in [0.25, 0.3) is 0 Å². The molecule has 0 unspecified atom stereocenters. The van der Waals surface area contributed by atoms with Gasteiger partial charge in [0.05, 0.1) is 11.5 Å². The van der Waals surface area contributed by atoms with Crippen LogP contribution < -0.4 is 9.47 Å². The van der Waals surface area contributed by atoms with Crippen LogP contribution in [0, 0.1) is 0 Å². The number of halogens is 2. The highest BCUT2D eigenvalue weighted by Gasteiger charge is 2.26. The average Bonchev–Trinajstić information content (AvgIpc) is 2.50. The van der Waals surface area contributed by atoms with Crippen molar-refractivity contribution in [1.82, 2.24) is 0 Å². The lowest BCUT2D eigenvalue weighted by Gasteiger charge is -2.08. The summed E-state index contributed by atoms with van der Waals surface area (Å²) in [6, 6.07) is 11.7. The van der Waals surface area contributed by atoms with Crippen molar-refractivity contribution in [1.29, 1.82) is 0 Å². The highest BCUT2D eigenvalue weighted by molar-refractivity contribution is 7.91. The Hall–Kier alpha value is -2.15. The molecule has 0 saturated carbocycles. The molecule has 0 amide bonds. The lowest BCUT2D eigenvalue weighted by molar-refractivity contribution is 0.234. The number of alkyl halides is 2. The Labute approximate surface area is 127 Å². The monoisotopic (exact) mass is 328 g/mol. The molecule has 4 nitrogen and oxygen atoms in total. The SMILES string of the molecule is CCOc1ccc(Oc2ccc(S(=O)(=O)C(F)F)cc2)cc1. The number of rotatable bonds is 6. The topological polar surface area (TPSA) is 52.6 Å². The zero-order chi connectivity index (χ0) is 16.2. The van der Waals surface area contributed by atoms with Gasteiger partial charge in [-0.05, 0) is 55.5 Å². The third kappa shape index (κ3) is 3.73. The summed E-state index contributed by atoms with van der Waals surface area (Å²) in [5.41, 5.74) is 0. The van der Waals surface area contributed by atoms with Gasteiger partial charge in [0.15, 0.2) is 0 Å². The third-order valence-electron chi connectivity index (χ3n) is 2.76. The smallest absolute Gasteiger partial charge is 0.341 e. The summed E-state index contributed by atoms with van der Waals surface area (Å²) in [6.45, 7) is 2.43. The van der Waals surface area contributed by atoms with Gasteiger partial charge in [-0.25, -0.2) is 8.42 Å².